The molecule has 1 aliphatic carbocycles. The first-order valence-corrected chi connectivity index (χ1v) is 11.8. The molecular formula is C24H33N7O2. The Kier molecular flexibility index (Phi) is 6.07. The fourth-order valence-electron chi connectivity index (χ4n) is 5.55. The smallest absolute Gasteiger partial charge is 0.254 e. The van der Waals surface area contributed by atoms with Gasteiger partial charge in [0, 0.05) is 31.4 Å². The number of hydrogen-bond acceptors (Lipinski definition) is 8. The highest BCUT2D eigenvalue weighted by atomic mass is 16.5. The van der Waals surface area contributed by atoms with Crippen LogP contribution in [0.25, 0.3) is 0 Å². The molecule has 5 N–H and O–H groups in total. The van der Waals surface area contributed by atoms with E-state index in [1.54, 1.807) is 7.11 Å². The van der Waals surface area contributed by atoms with Crippen LogP contribution in [-0.4, -0.2) is 60.1 Å². The third-order valence-electron chi connectivity index (χ3n) is 7.29. The second kappa shape index (κ2) is 9.15. The first kappa shape index (κ1) is 21.9. The number of ether oxygens (including phenoxy) is 1. The topological polar surface area (TPSA) is 117 Å². The number of aromatic nitrogens is 2. The van der Waals surface area contributed by atoms with E-state index in [0.29, 0.717) is 29.3 Å². The summed E-state index contributed by atoms with van der Waals surface area (Å²) in [5, 5.41) is 10.5. The van der Waals surface area contributed by atoms with Gasteiger partial charge < -0.3 is 31.3 Å². The van der Waals surface area contributed by atoms with E-state index in [9.17, 15) is 4.79 Å². The van der Waals surface area contributed by atoms with Gasteiger partial charge in [0.15, 0.2) is 0 Å². The van der Waals surface area contributed by atoms with Crippen LogP contribution < -0.4 is 26.4 Å². The van der Waals surface area contributed by atoms with Crippen LogP contribution in [0.2, 0.25) is 0 Å². The number of nitrogens with one attached hydrogen (secondary N) is 3. The first-order chi connectivity index (χ1) is 16.0. The molecule has 1 aromatic carbocycles. The maximum atomic E-state index is 12.1. The summed E-state index contributed by atoms with van der Waals surface area (Å²) in [6, 6.07) is 5.00. The van der Waals surface area contributed by atoms with Gasteiger partial charge in [0.1, 0.15) is 11.6 Å². The quantitative estimate of drug-likeness (QED) is 0.528. The molecule has 3 heterocycles. The number of rotatable bonds is 6. The zero-order valence-electron chi connectivity index (χ0n) is 19.4. The second-order valence-corrected chi connectivity index (χ2v) is 9.45. The highest BCUT2D eigenvalue weighted by Gasteiger charge is 2.38. The van der Waals surface area contributed by atoms with Crippen LogP contribution in [0.15, 0.2) is 18.3 Å². The number of likely N-dealkylation sites (N-methyl/N-ethyl adjacent to an activating group) is 1. The lowest BCUT2D eigenvalue weighted by Gasteiger charge is -2.31. The number of hydrogen-bond donors (Lipinski definition) is 4. The van der Waals surface area contributed by atoms with Gasteiger partial charge in [-0.2, -0.15) is 4.98 Å². The van der Waals surface area contributed by atoms with Crippen molar-refractivity contribution >= 4 is 23.4 Å². The van der Waals surface area contributed by atoms with Gasteiger partial charge in [-0.05, 0) is 74.9 Å². The second-order valence-electron chi connectivity index (χ2n) is 9.45. The minimum absolute atomic E-state index is 0.262. The monoisotopic (exact) mass is 451 g/mol. The molecule has 0 spiro atoms. The van der Waals surface area contributed by atoms with E-state index >= 15 is 0 Å². The van der Waals surface area contributed by atoms with E-state index in [0.717, 1.165) is 50.3 Å². The number of piperidine rings is 1. The highest BCUT2D eigenvalue weighted by Crippen LogP contribution is 2.36. The number of fused-ring (bicyclic) bond motifs is 2. The van der Waals surface area contributed by atoms with Crippen molar-refractivity contribution in [1.29, 1.82) is 0 Å². The average molecular weight is 452 g/mol. The maximum Gasteiger partial charge on any atom is 0.254 e. The van der Waals surface area contributed by atoms with E-state index in [1.165, 1.54) is 30.2 Å². The van der Waals surface area contributed by atoms with Crippen LogP contribution in [0.3, 0.4) is 0 Å². The fraction of sp³-hybridized carbons (Fsp3) is 0.542. The predicted octanol–water partition coefficient (Wildman–Crippen LogP) is 2.26. The Labute approximate surface area is 194 Å². The largest absolute Gasteiger partial charge is 0.495 e. The number of nitrogens with zero attached hydrogens (tertiary/aromatic N) is 3. The molecule has 1 aromatic heterocycles. The Morgan fingerprint density at radius 1 is 1.27 bits per heavy atom. The number of carbonyl (C=O) groups excluding carboxylic acids is 1. The third kappa shape index (κ3) is 4.47. The standard InChI is InChI=1S/C24H33N7O2/c1-31-9-7-14-11-21(33-2)20(10-15(14)13-31)29-24-27-12-17(22(25)32)23(30-24)28-19-6-5-18-16(19)4-3-8-26-18/h10-12,16,18-19,26H,3-9,13H2,1-2H3,(H2,25,32)(H2,27,28,29,30)/t16-,18-,19?/m1/s1. The maximum absolute atomic E-state index is 12.1. The minimum Gasteiger partial charge on any atom is -0.495 e. The molecule has 176 valence electrons. The average Bonchev–Trinajstić information content (AvgIpc) is 3.21. The molecule has 5 rings (SSSR count). The molecule has 2 aromatic rings. The molecule has 1 saturated heterocycles. The van der Waals surface area contributed by atoms with E-state index in [1.807, 2.05) is 0 Å². The molecule has 1 unspecified atom stereocenters. The number of carbonyl (C=O) groups is 1. The number of primary amides is 1. The van der Waals surface area contributed by atoms with Gasteiger partial charge in [-0.3, -0.25) is 4.79 Å². The van der Waals surface area contributed by atoms with Gasteiger partial charge >= 0.3 is 0 Å². The lowest BCUT2D eigenvalue weighted by Crippen LogP contribution is -2.42. The molecule has 2 fully saturated rings. The summed E-state index contributed by atoms with van der Waals surface area (Å²) in [7, 11) is 3.79. The Bertz CT molecular complexity index is 1040. The van der Waals surface area contributed by atoms with E-state index in [2.05, 4.69) is 50.0 Å². The molecule has 2 aliphatic heterocycles. The molecule has 1 amide bonds. The molecule has 9 nitrogen and oxygen atoms in total. The summed E-state index contributed by atoms with van der Waals surface area (Å²) in [5.41, 5.74) is 9.33. The molecular weight excluding hydrogens is 418 g/mol. The van der Waals surface area contributed by atoms with E-state index in [-0.39, 0.29) is 6.04 Å². The van der Waals surface area contributed by atoms with Crippen molar-refractivity contribution in [3.8, 4) is 5.75 Å². The van der Waals surface area contributed by atoms with Gasteiger partial charge in [0.05, 0.1) is 18.4 Å². The number of nitrogens with two attached hydrogens (primary N) is 1. The van der Waals surface area contributed by atoms with E-state index < -0.39 is 5.91 Å². The predicted molar refractivity (Wildman–Crippen MR) is 128 cm³/mol. The Morgan fingerprint density at radius 2 is 2.15 bits per heavy atom. The van der Waals surface area contributed by atoms with Crippen LogP contribution in [-0.2, 0) is 13.0 Å². The summed E-state index contributed by atoms with van der Waals surface area (Å²) >= 11 is 0. The summed E-state index contributed by atoms with van der Waals surface area (Å²) in [5.74, 6) is 1.65. The van der Waals surface area contributed by atoms with Crippen LogP contribution >= 0.6 is 0 Å². The summed E-state index contributed by atoms with van der Waals surface area (Å²) in [6.45, 7) is 3.01. The summed E-state index contributed by atoms with van der Waals surface area (Å²) in [6.07, 6.45) is 7.03. The van der Waals surface area contributed by atoms with Gasteiger partial charge in [-0.25, -0.2) is 4.98 Å². The summed E-state index contributed by atoms with van der Waals surface area (Å²) in [4.78, 5) is 23.4. The molecule has 1 saturated carbocycles. The van der Waals surface area contributed by atoms with E-state index in [4.69, 9.17) is 10.5 Å². The van der Waals surface area contributed by atoms with Crippen molar-refractivity contribution in [2.75, 3.05) is 37.9 Å². The van der Waals surface area contributed by atoms with Crippen LogP contribution in [0.5, 0.6) is 5.75 Å². The van der Waals surface area contributed by atoms with Gasteiger partial charge in [-0.1, -0.05) is 0 Å². The molecule has 33 heavy (non-hydrogen) atoms. The first-order valence-electron chi connectivity index (χ1n) is 11.8. The molecule has 3 aliphatic rings. The van der Waals surface area contributed by atoms with Gasteiger partial charge in [0.2, 0.25) is 5.95 Å². The van der Waals surface area contributed by atoms with Gasteiger partial charge in [-0.15, -0.1) is 0 Å². The highest BCUT2D eigenvalue weighted by molar-refractivity contribution is 5.97. The fourth-order valence-corrected chi connectivity index (χ4v) is 5.55. The summed E-state index contributed by atoms with van der Waals surface area (Å²) < 4.78 is 5.64. The van der Waals surface area contributed by atoms with Crippen molar-refractivity contribution in [2.45, 2.75) is 50.7 Å². The normalized spacial score (nSPS) is 24.6. The molecule has 0 bridgehead atoms. The zero-order valence-corrected chi connectivity index (χ0v) is 19.4. The molecule has 0 radical (unpaired) electrons. The van der Waals surface area contributed by atoms with Crippen molar-refractivity contribution in [3.05, 3.63) is 35.0 Å². The van der Waals surface area contributed by atoms with Crippen molar-refractivity contribution in [2.24, 2.45) is 11.7 Å². The Balaban J connectivity index is 1.41. The van der Waals surface area contributed by atoms with Crippen LogP contribution in [0, 0.1) is 5.92 Å². The third-order valence-corrected chi connectivity index (χ3v) is 7.29. The Morgan fingerprint density at radius 3 is 2.97 bits per heavy atom. The van der Waals surface area contributed by atoms with Crippen LogP contribution in [0.1, 0.15) is 47.2 Å². The van der Waals surface area contributed by atoms with Crippen molar-refractivity contribution in [1.82, 2.24) is 20.2 Å². The Hall–Kier alpha value is -2.91. The minimum atomic E-state index is -0.533. The van der Waals surface area contributed by atoms with Crippen LogP contribution in [0.4, 0.5) is 17.5 Å². The molecule has 3 atom stereocenters. The molecule has 9 heteroatoms. The number of benzene rings is 1. The number of anilines is 3. The lowest BCUT2D eigenvalue weighted by atomic mass is 9.91. The number of amides is 1. The zero-order chi connectivity index (χ0) is 22.9. The SMILES string of the molecule is COc1cc2c(cc1Nc1ncc(C(N)=O)c(NC3CC[C@H]4NCCC[C@@H]34)n1)CN(C)CC2. The number of methoxy groups -OCH3 is 1. The van der Waals surface area contributed by atoms with Crippen molar-refractivity contribution in [3.63, 3.8) is 0 Å². The van der Waals surface area contributed by atoms with Crippen molar-refractivity contribution < 1.29 is 9.53 Å². The lowest BCUT2D eigenvalue weighted by molar-refractivity contribution is 0.100. The van der Waals surface area contributed by atoms with Gasteiger partial charge in [0.25, 0.3) is 5.91 Å².